The van der Waals surface area contributed by atoms with Gasteiger partial charge >= 0.3 is 0 Å². The molecule has 31 heavy (non-hydrogen) atoms. The van der Waals surface area contributed by atoms with Crippen LogP contribution >= 0.6 is 11.3 Å². The van der Waals surface area contributed by atoms with E-state index in [1.54, 1.807) is 17.3 Å². The molecular formula is C23H21N5O2S. The summed E-state index contributed by atoms with van der Waals surface area (Å²) in [6, 6.07) is 11.9. The molecule has 5 rings (SSSR count). The van der Waals surface area contributed by atoms with Crippen molar-refractivity contribution in [1.82, 2.24) is 25.1 Å². The monoisotopic (exact) mass is 431 g/mol. The number of fused-ring (bicyclic) bond motifs is 3. The van der Waals surface area contributed by atoms with Gasteiger partial charge in [-0.25, -0.2) is 4.98 Å². The van der Waals surface area contributed by atoms with E-state index in [0.717, 1.165) is 45.1 Å². The fraction of sp³-hybridized carbons (Fsp3) is 0.217. The van der Waals surface area contributed by atoms with Gasteiger partial charge in [-0.1, -0.05) is 12.1 Å². The van der Waals surface area contributed by atoms with Gasteiger partial charge in [0.25, 0.3) is 5.91 Å². The van der Waals surface area contributed by atoms with Gasteiger partial charge in [-0.05, 0) is 29.8 Å². The molecule has 0 unspecified atom stereocenters. The second kappa shape index (κ2) is 8.31. The van der Waals surface area contributed by atoms with Crippen LogP contribution in [0.3, 0.4) is 0 Å². The Morgan fingerprint density at radius 2 is 2.19 bits per heavy atom. The van der Waals surface area contributed by atoms with Crippen molar-refractivity contribution in [1.29, 1.82) is 0 Å². The maximum atomic E-state index is 13.0. The largest absolute Gasteiger partial charge is 0.492 e. The number of pyridine rings is 1. The van der Waals surface area contributed by atoms with Gasteiger partial charge in [0.05, 0.1) is 18.5 Å². The minimum absolute atomic E-state index is 0.0634. The second-order valence-electron chi connectivity index (χ2n) is 7.38. The van der Waals surface area contributed by atoms with Crippen molar-refractivity contribution in [2.45, 2.75) is 12.8 Å². The first kappa shape index (κ1) is 19.4. The van der Waals surface area contributed by atoms with Crippen molar-refractivity contribution in [2.75, 3.05) is 20.2 Å². The third-order valence-corrected chi connectivity index (χ3v) is 6.41. The number of aromatic amines is 1. The Kier molecular flexibility index (Phi) is 5.21. The minimum atomic E-state index is -0.0634. The average Bonchev–Trinajstić information content (AvgIpc) is 3.45. The van der Waals surface area contributed by atoms with Gasteiger partial charge in [-0.3, -0.25) is 14.9 Å². The molecule has 1 aliphatic rings. The number of likely N-dealkylation sites (N-methyl/N-ethyl adjacent to an activating group) is 1. The van der Waals surface area contributed by atoms with Crippen LogP contribution in [0.2, 0.25) is 0 Å². The molecule has 0 saturated carbocycles. The number of carbonyl (C=O) groups is 1. The highest BCUT2D eigenvalue weighted by Crippen LogP contribution is 2.39. The van der Waals surface area contributed by atoms with Crippen LogP contribution in [-0.4, -0.2) is 51.2 Å². The highest BCUT2D eigenvalue weighted by atomic mass is 32.1. The summed E-state index contributed by atoms with van der Waals surface area (Å²) >= 11 is 1.46. The number of nitrogens with one attached hydrogen (secondary N) is 1. The van der Waals surface area contributed by atoms with Gasteiger partial charge in [0.2, 0.25) is 0 Å². The summed E-state index contributed by atoms with van der Waals surface area (Å²) < 4.78 is 6.00. The lowest BCUT2D eigenvalue weighted by molar-refractivity contribution is 0.0796. The van der Waals surface area contributed by atoms with Crippen LogP contribution in [0.5, 0.6) is 5.75 Å². The first-order valence-electron chi connectivity index (χ1n) is 10.1. The molecular weight excluding hydrogens is 410 g/mol. The zero-order chi connectivity index (χ0) is 21.2. The summed E-state index contributed by atoms with van der Waals surface area (Å²) in [7, 11) is 1.81. The van der Waals surface area contributed by atoms with Crippen LogP contribution in [0.4, 0.5) is 0 Å². The van der Waals surface area contributed by atoms with Gasteiger partial charge in [-0.15, -0.1) is 11.3 Å². The maximum Gasteiger partial charge on any atom is 0.282 e. The number of aromatic nitrogens is 4. The summed E-state index contributed by atoms with van der Waals surface area (Å²) in [6.45, 7) is 1.15. The molecule has 0 bridgehead atoms. The zero-order valence-electron chi connectivity index (χ0n) is 17.0. The number of thiazole rings is 1. The third kappa shape index (κ3) is 3.94. The number of ether oxygens (including phenoxy) is 1. The maximum absolute atomic E-state index is 13.0. The Hall–Kier alpha value is -3.52. The molecule has 1 aromatic carbocycles. The van der Waals surface area contributed by atoms with E-state index in [2.05, 4.69) is 15.2 Å². The van der Waals surface area contributed by atoms with Gasteiger partial charge in [0.1, 0.15) is 5.75 Å². The molecule has 0 aliphatic carbocycles. The lowest BCUT2D eigenvalue weighted by Gasteiger charge is -2.15. The Morgan fingerprint density at radius 1 is 1.26 bits per heavy atom. The van der Waals surface area contributed by atoms with E-state index in [4.69, 9.17) is 9.72 Å². The van der Waals surface area contributed by atoms with Crippen LogP contribution in [0, 0.1) is 0 Å². The molecule has 1 aliphatic heterocycles. The van der Waals surface area contributed by atoms with E-state index in [1.165, 1.54) is 11.3 Å². The van der Waals surface area contributed by atoms with Crippen LogP contribution in [0.15, 0.2) is 55.0 Å². The zero-order valence-corrected chi connectivity index (χ0v) is 17.9. The van der Waals surface area contributed by atoms with Crippen molar-refractivity contribution >= 4 is 17.2 Å². The molecule has 0 saturated heterocycles. The third-order valence-electron chi connectivity index (χ3n) is 5.31. The van der Waals surface area contributed by atoms with Crippen LogP contribution in [0.1, 0.15) is 20.4 Å². The molecule has 0 fully saturated rings. The highest BCUT2D eigenvalue weighted by molar-refractivity contribution is 7.14. The summed E-state index contributed by atoms with van der Waals surface area (Å²) in [5, 5.41) is 7.37. The van der Waals surface area contributed by atoms with Crippen molar-refractivity contribution in [3.8, 4) is 28.1 Å². The first-order valence-corrected chi connectivity index (χ1v) is 10.9. The molecule has 3 aromatic heterocycles. The molecule has 1 N–H and O–H groups in total. The number of hydrogen-bond acceptors (Lipinski definition) is 6. The highest BCUT2D eigenvalue weighted by Gasteiger charge is 2.24. The lowest BCUT2D eigenvalue weighted by atomic mass is 10.0. The summed E-state index contributed by atoms with van der Waals surface area (Å²) in [4.78, 5) is 24.9. The van der Waals surface area contributed by atoms with Gasteiger partial charge in [0, 0.05) is 60.5 Å². The fourth-order valence-corrected chi connectivity index (χ4v) is 4.65. The number of carbonyl (C=O) groups excluding carboxylic acids is 1. The van der Waals surface area contributed by atoms with Crippen LogP contribution in [0.25, 0.3) is 22.4 Å². The van der Waals surface area contributed by atoms with E-state index in [0.29, 0.717) is 24.6 Å². The molecule has 0 spiro atoms. The molecule has 4 heterocycles. The van der Waals surface area contributed by atoms with Crippen molar-refractivity contribution in [3.05, 3.63) is 70.6 Å². The van der Waals surface area contributed by atoms with E-state index in [-0.39, 0.29) is 5.91 Å². The van der Waals surface area contributed by atoms with Crippen molar-refractivity contribution < 1.29 is 9.53 Å². The standard InChI is InChI=1S/C23H21N5O2S/c1-28(10-7-17-4-2-3-9-24-17)23(29)22-27-21-18-6-5-15(16-13-25-26-14-16)12-19(18)30-11-8-20(21)31-22/h2-6,9,12-14H,7-8,10-11H2,1H3,(H,25,26). The van der Waals surface area contributed by atoms with Crippen molar-refractivity contribution in [3.63, 3.8) is 0 Å². The van der Waals surface area contributed by atoms with Gasteiger partial charge in [0.15, 0.2) is 5.01 Å². The van der Waals surface area contributed by atoms with E-state index in [9.17, 15) is 4.79 Å². The number of nitrogens with zero attached hydrogens (tertiary/aromatic N) is 4. The minimum Gasteiger partial charge on any atom is -0.492 e. The predicted molar refractivity (Wildman–Crippen MR) is 119 cm³/mol. The fourth-order valence-electron chi connectivity index (χ4n) is 3.60. The average molecular weight is 432 g/mol. The van der Waals surface area contributed by atoms with Crippen molar-refractivity contribution in [2.24, 2.45) is 0 Å². The topological polar surface area (TPSA) is 84.0 Å². The van der Waals surface area contributed by atoms with E-state index in [1.807, 2.05) is 49.6 Å². The normalized spacial score (nSPS) is 12.4. The SMILES string of the molecule is CN(CCc1ccccn1)C(=O)c1nc2c(s1)CCOc1cc(-c3cn[nH]c3)ccc1-2. The number of benzene rings is 1. The molecule has 8 heteroatoms. The molecule has 7 nitrogen and oxygen atoms in total. The summed E-state index contributed by atoms with van der Waals surface area (Å²) in [5.74, 6) is 0.719. The smallest absolute Gasteiger partial charge is 0.282 e. The Bertz CT molecular complexity index is 1200. The number of hydrogen-bond donors (Lipinski definition) is 1. The van der Waals surface area contributed by atoms with Crippen LogP contribution < -0.4 is 4.74 Å². The number of amides is 1. The first-order chi connectivity index (χ1) is 15.2. The Labute approximate surface area is 183 Å². The van der Waals surface area contributed by atoms with Gasteiger partial charge in [-0.2, -0.15) is 5.10 Å². The lowest BCUT2D eigenvalue weighted by Crippen LogP contribution is -2.28. The summed E-state index contributed by atoms with van der Waals surface area (Å²) in [5.41, 5.74) is 4.76. The Balaban J connectivity index is 1.38. The molecule has 156 valence electrons. The molecule has 4 aromatic rings. The van der Waals surface area contributed by atoms with Crippen LogP contribution in [-0.2, 0) is 12.8 Å². The summed E-state index contributed by atoms with van der Waals surface area (Å²) in [6.07, 6.45) is 6.84. The second-order valence-corrected chi connectivity index (χ2v) is 8.47. The molecule has 1 amide bonds. The predicted octanol–water partition coefficient (Wildman–Crippen LogP) is 3.84. The number of rotatable bonds is 5. The van der Waals surface area contributed by atoms with E-state index >= 15 is 0 Å². The number of H-pyrrole nitrogens is 1. The molecule has 0 radical (unpaired) electrons. The Morgan fingerprint density at radius 3 is 3.00 bits per heavy atom. The van der Waals surface area contributed by atoms with E-state index < -0.39 is 0 Å². The quantitative estimate of drug-likeness (QED) is 0.519. The van der Waals surface area contributed by atoms with Gasteiger partial charge < -0.3 is 9.64 Å². The molecule has 0 atom stereocenters.